The van der Waals surface area contributed by atoms with Gasteiger partial charge in [0.05, 0.1) is 12.7 Å². The fourth-order valence-electron chi connectivity index (χ4n) is 6.30. The maximum absolute atomic E-state index is 13.3. The van der Waals surface area contributed by atoms with Gasteiger partial charge in [-0.25, -0.2) is 4.79 Å². The highest BCUT2D eigenvalue weighted by atomic mass is 32.2. The first-order valence-corrected chi connectivity index (χ1v) is 18.9. The molecule has 2 atom stereocenters. The number of thioether (sulfide) groups is 2. The van der Waals surface area contributed by atoms with E-state index in [9.17, 15) is 9.59 Å². The molecule has 236 valence electrons. The Morgan fingerprint density at radius 3 is 1.72 bits per heavy atom. The molecule has 0 unspecified atom stereocenters. The van der Waals surface area contributed by atoms with Crippen molar-refractivity contribution in [3.05, 3.63) is 154 Å². The molecule has 5 aromatic rings. The minimum absolute atomic E-state index is 0.196. The molecule has 1 saturated heterocycles. The number of hydrogen-bond acceptors (Lipinski definition) is 6. The van der Waals surface area contributed by atoms with E-state index in [-0.39, 0.29) is 11.1 Å². The predicted molar refractivity (Wildman–Crippen MR) is 191 cm³/mol. The Hall–Kier alpha value is -3.60. The van der Waals surface area contributed by atoms with E-state index in [1.807, 2.05) is 48.5 Å². The monoisotopic (exact) mass is 666 g/mol. The molecule has 46 heavy (non-hydrogen) atoms. The Morgan fingerprint density at radius 1 is 0.783 bits per heavy atom. The minimum Gasteiger partial charge on any atom is -0.405 e. The zero-order valence-electron chi connectivity index (χ0n) is 26.2. The molecule has 0 saturated carbocycles. The van der Waals surface area contributed by atoms with Gasteiger partial charge >= 0.3 is 5.69 Å². The lowest BCUT2D eigenvalue weighted by atomic mass is 10.2. The van der Waals surface area contributed by atoms with Crippen LogP contribution >= 0.6 is 23.5 Å². The van der Waals surface area contributed by atoms with Gasteiger partial charge in [-0.2, -0.15) is 0 Å². The van der Waals surface area contributed by atoms with Crippen LogP contribution in [0.5, 0.6) is 0 Å². The molecule has 1 aliphatic heterocycles. The number of benzene rings is 4. The summed E-state index contributed by atoms with van der Waals surface area (Å²) in [4.78, 5) is 30.0. The second-order valence-corrected chi connectivity index (χ2v) is 19.8. The smallest absolute Gasteiger partial charge is 0.330 e. The van der Waals surface area contributed by atoms with Gasteiger partial charge in [-0.1, -0.05) is 118 Å². The third-order valence-corrected chi connectivity index (χ3v) is 16.2. The molecule has 2 heterocycles. The summed E-state index contributed by atoms with van der Waals surface area (Å²) in [6, 6.07) is 42.9. The first-order chi connectivity index (χ1) is 22.2. The first kappa shape index (κ1) is 32.3. The molecule has 4 aromatic carbocycles. The van der Waals surface area contributed by atoms with Crippen LogP contribution in [-0.4, -0.2) is 34.7 Å². The largest absolute Gasteiger partial charge is 0.405 e. The van der Waals surface area contributed by atoms with Crippen molar-refractivity contribution in [2.75, 3.05) is 6.61 Å². The van der Waals surface area contributed by atoms with Crippen molar-refractivity contribution in [1.82, 2.24) is 9.55 Å². The van der Waals surface area contributed by atoms with Gasteiger partial charge in [0.15, 0.2) is 6.23 Å². The Balaban J connectivity index is 1.44. The fraction of sp³-hybridized carbons (Fsp3) is 0.243. The van der Waals surface area contributed by atoms with Crippen LogP contribution in [0.15, 0.2) is 153 Å². The van der Waals surface area contributed by atoms with Gasteiger partial charge in [0.25, 0.3) is 13.9 Å². The van der Waals surface area contributed by atoms with Crippen LogP contribution < -0.4 is 21.6 Å². The molecular formula is C37H38N2O4S2Si. The molecule has 0 spiro atoms. The average molecular weight is 667 g/mol. The number of aromatic nitrogens is 2. The third-order valence-electron chi connectivity index (χ3n) is 8.28. The second-order valence-electron chi connectivity index (χ2n) is 12.4. The van der Waals surface area contributed by atoms with Gasteiger partial charge in [-0.15, -0.1) is 23.5 Å². The molecule has 0 aliphatic carbocycles. The van der Waals surface area contributed by atoms with Crippen molar-refractivity contribution >= 4 is 42.2 Å². The van der Waals surface area contributed by atoms with E-state index in [0.717, 1.165) is 9.79 Å². The molecule has 1 aliphatic rings. The van der Waals surface area contributed by atoms with Crippen molar-refractivity contribution in [3.8, 4) is 0 Å². The highest BCUT2D eigenvalue weighted by molar-refractivity contribution is 8.18. The second kappa shape index (κ2) is 13.6. The van der Waals surface area contributed by atoms with Crippen LogP contribution in [-0.2, 0) is 9.16 Å². The molecule has 1 aromatic heterocycles. The number of nitrogens with zero attached hydrogens (tertiary/aromatic N) is 1. The van der Waals surface area contributed by atoms with Gasteiger partial charge in [0, 0.05) is 28.5 Å². The van der Waals surface area contributed by atoms with Crippen molar-refractivity contribution in [2.45, 2.75) is 58.4 Å². The van der Waals surface area contributed by atoms with E-state index < -0.39 is 29.9 Å². The van der Waals surface area contributed by atoms with Crippen LogP contribution in [0.2, 0.25) is 5.04 Å². The van der Waals surface area contributed by atoms with Crippen LogP contribution in [0, 0.1) is 0 Å². The molecule has 1 N–H and O–H groups in total. The number of nitrogens with one attached hydrogen (secondary N) is 1. The lowest BCUT2D eigenvalue weighted by Gasteiger charge is -2.43. The Kier molecular flexibility index (Phi) is 9.58. The molecule has 0 bridgehead atoms. The standard InChI is InChI=1S/C37H38N2O4S2Si/c1-36(2,3)46(31-20-12-6-13-21-31,32-22-14-7-15-23-32)42-27-28-26-37(44-29-16-8-4-9-17-29,45-30-18-10-5-11-19-30)34(43-28)39-25-24-33(40)38-35(39)41/h4-25,28,34H,26-27H2,1-3H3,(H,38,40,41)/t28-,34-/m0/s1. The summed E-state index contributed by atoms with van der Waals surface area (Å²) in [6.07, 6.45) is 1.11. The van der Waals surface area contributed by atoms with Gasteiger partial charge in [0.1, 0.15) is 4.08 Å². The maximum Gasteiger partial charge on any atom is 0.330 e. The summed E-state index contributed by atoms with van der Waals surface area (Å²) >= 11 is 3.37. The van der Waals surface area contributed by atoms with E-state index in [1.165, 1.54) is 21.0 Å². The normalized spacial score (nSPS) is 18.0. The lowest BCUT2D eigenvalue weighted by Crippen LogP contribution is -2.67. The van der Waals surface area contributed by atoms with Crippen molar-refractivity contribution < 1.29 is 9.16 Å². The zero-order chi connectivity index (χ0) is 32.2. The zero-order valence-corrected chi connectivity index (χ0v) is 28.8. The lowest BCUT2D eigenvalue weighted by molar-refractivity contribution is -0.0223. The maximum atomic E-state index is 13.3. The molecule has 0 radical (unpaired) electrons. The molecule has 0 amide bonds. The summed E-state index contributed by atoms with van der Waals surface area (Å²) in [5, 5.41) is 2.20. The topological polar surface area (TPSA) is 73.3 Å². The number of aromatic amines is 1. The Morgan fingerprint density at radius 2 is 1.26 bits per heavy atom. The fourth-order valence-corrected chi connectivity index (χ4v) is 14.1. The Bertz CT molecular complexity index is 1760. The highest BCUT2D eigenvalue weighted by Gasteiger charge is 2.55. The molecular weight excluding hydrogens is 629 g/mol. The van der Waals surface area contributed by atoms with Crippen molar-refractivity contribution in [1.29, 1.82) is 0 Å². The number of H-pyrrole nitrogens is 1. The van der Waals surface area contributed by atoms with E-state index in [2.05, 4.69) is 98.6 Å². The predicted octanol–water partition coefficient (Wildman–Crippen LogP) is 6.68. The third kappa shape index (κ3) is 6.61. The van der Waals surface area contributed by atoms with Crippen LogP contribution in [0.4, 0.5) is 0 Å². The Labute approximate surface area is 279 Å². The van der Waals surface area contributed by atoms with E-state index in [4.69, 9.17) is 9.16 Å². The highest BCUT2D eigenvalue weighted by Crippen LogP contribution is 2.59. The molecule has 9 heteroatoms. The van der Waals surface area contributed by atoms with Crippen LogP contribution in [0.1, 0.15) is 33.4 Å². The summed E-state index contributed by atoms with van der Waals surface area (Å²) in [5.74, 6) is 0. The summed E-state index contributed by atoms with van der Waals surface area (Å²) in [7, 11) is -2.84. The number of rotatable bonds is 10. The van der Waals surface area contributed by atoms with Gasteiger partial charge in [-0.3, -0.25) is 14.3 Å². The minimum atomic E-state index is -2.84. The van der Waals surface area contributed by atoms with Crippen LogP contribution in [0.25, 0.3) is 0 Å². The van der Waals surface area contributed by atoms with Gasteiger partial charge in [-0.05, 0) is 39.7 Å². The molecule has 1 fully saturated rings. The number of ether oxygens (including phenoxy) is 1. The average Bonchev–Trinajstić information content (AvgIpc) is 3.39. The van der Waals surface area contributed by atoms with E-state index in [0.29, 0.717) is 13.0 Å². The van der Waals surface area contributed by atoms with Gasteiger partial charge in [0.2, 0.25) is 0 Å². The number of hydrogen-bond donors (Lipinski definition) is 1. The summed E-state index contributed by atoms with van der Waals surface area (Å²) in [5.41, 5.74) is -0.944. The molecule has 6 nitrogen and oxygen atoms in total. The SMILES string of the molecule is CC(C)(C)[Si](OC[C@@H]1CC(Sc2ccccc2)(Sc2ccccc2)[C@@H](n2ccc(=O)[nH]c2=O)O1)(c1ccccc1)c1ccccc1. The quantitative estimate of drug-likeness (QED) is 0.133. The van der Waals surface area contributed by atoms with E-state index in [1.54, 1.807) is 29.7 Å². The van der Waals surface area contributed by atoms with Crippen LogP contribution in [0.3, 0.4) is 0 Å². The van der Waals surface area contributed by atoms with Gasteiger partial charge < -0.3 is 9.16 Å². The van der Waals surface area contributed by atoms with E-state index >= 15 is 0 Å². The first-order valence-electron chi connectivity index (χ1n) is 15.4. The van der Waals surface area contributed by atoms with Crippen molar-refractivity contribution in [3.63, 3.8) is 0 Å². The van der Waals surface area contributed by atoms with Crippen molar-refractivity contribution in [2.24, 2.45) is 0 Å². The summed E-state index contributed by atoms with van der Waals surface area (Å²) < 4.78 is 15.1. The summed E-state index contributed by atoms with van der Waals surface area (Å²) in [6.45, 7) is 7.13. The molecule has 6 rings (SSSR count).